The molecular formula is C22H32N6O3. The van der Waals surface area contributed by atoms with Gasteiger partial charge in [0, 0.05) is 50.4 Å². The largest absolute Gasteiger partial charge is 0.400 e. The fraction of sp³-hybridized carbons (Fsp3) is 0.364. The van der Waals surface area contributed by atoms with E-state index >= 15 is 0 Å². The van der Waals surface area contributed by atoms with E-state index in [0.717, 1.165) is 56.5 Å². The lowest BCUT2D eigenvalue weighted by Gasteiger charge is -2.21. The Balaban J connectivity index is 0.000000281. The van der Waals surface area contributed by atoms with Crippen molar-refractivity contribution in [1.29, 1.82) is 0 Å². The van der Waals surface area contributed by atoms with Crippen LogP contribution in [0.5, 0.6) is 0 Å². The number of aliphatic hydroxyl groups excluding tert-OH is 1. The van der Waals surface area contributed by atoms with Crippen molar-refractivity contribution in [3.63, 3.8) is 0 Å². The third kappa shape index (κ3) is 8.06. The first-order valence-electron chi connectivity index (χ1n) is 9.78. The molecule has 9 nitrogen and oxygen atoms in total. The summed E-state index contributed by atoms with van der Waals surface area (Å²) in [6.07, 6.45) is 8.16. The minimum atomic E-state index is -0.400. The number of nitro groups is 1. The molecule has 0 saturated heterocycles. The molecule has 0 spiro atoms. The van der Waals surface area contributed by atoms with E-state index in [1.54, 1.807) is 12.1 Å². The zero-order valence-electron chi connectivity index (χ0n) is 17.1. The summed E-state index contributed by atoms with van der Waals surface area (Å²) in [5, 5.41) is 29.8. The maximum Gasteiger partial charge on any atom is 0.269 e. The van der Waals surface area contributed by atoms with Gasteiger partial charge in [-0.2, -0.15) is 10.2 Å². The van der Waals surface area contributed by atoms with Gasteiger partial charge >= 0.3 is 0 Å². The molecule has 2 aromatic rings. The highest BCUT2D eigenvalue weighted by molar-refractivity contribution is 5.63. The molecule has 0 atom stereocenters. The molecule has 0 bridgehead atoms. The molecule has 0 radical (unpaired) electrons. The number of nitro benzene ring substituents is 1. The molecule has 0 aliphatic carbocycles. The van der Waals surface area contributed by atoms with Crippen molar-refractivity contribution in [1.82, 2.24) is 0 Å². The molecule has 0 fully saturated rings. The number of rotatable bonds is 3. The fourth-order valence-electron chi connectivity index (χ4n) is 2.88. The van der Waals surface area contributed by atoms with E-state index < -0.39 is 4.92 Å². The second-order valence-electron chi connectivity index (χ2n) is 6.49. The topological polar surface area (TPSA) is 121 Å². The molecule has 4 rings (SSSR count). The summed E-state index contributed by atoms with van der Waals surface area (Å²) >= 11 is 0. The van der Waals surface area contributed by atoms with E-state index in [9.17, 15) is 10.1 Å². The second-order valence-corrected chi connectivity index (χ2v) is 6.49. The monoisotopic (exact) mass is 428 g/mol. The highest BCUT2D eigenvalue weighted by atomic mass is 16.6. The lowest BCUT2D eigenvalue weighted by atomic mass is 10.2. The van der Waals surface area contributed by atoms with Crippen molar-refractivity contribution < 1.29 is 10.0 Å². The number of nitrogens with zero attached hydrogens (tertiary/aromatic N) is 5. The van der Waals surface area contributed by atoms with Crippen LogP contribution in [0.1, 0.15) is 33.1 Å². The van der Waals surface area contributed by atoms with Crippen LogP contribution in [0.25, 0.3) is 0 Å². The summed E-state index contributed by atoms with van der Waals surface area (Å²) < 4.78 is 0. The third-order valence-electron chi connectivity index (χ3n) is 4.40. The van der Waals surface area contributed by atoms with Gasteiger partial charge in [0.2, 0.25) is 0 Å². The molecule has 31 heavy (non-hydrogen) atoms. The Hall–Kier alpha value is -3.46. The molecule has 0 unspecified atom stereocenters. The zero-order valence-corrected chi connectivity index (χ0v) is 17.1. The highest BCUT2D eigenvalue weighted by Crippen LogP contribution is 2.21. The molecule has 168 valence electrons. The summed E-state index contributed by atoms with van der Waals surface area (Å²) in [6.45, 7) is 1.87. The maximum atomic E-state index is 10.5. The Labute approximate surface area is 183 Å². The van der Waals surface area contributed by atoms with E-state index in [1.807, 2.05) is 46.7 Å². The molecular weight excluding hydrogens is 396 g/mol. The van der Waals surface area contributed by atoms with Gasteiger partial charge in [-0.15, -0.1) is 0 Å². The van der Waals surface area contributed by atoms with Crippen LogP contribution in [0.15, 0.2) is 58.7 Å². The summed E-state index contributed by atoms with van der Waals surface area (Å²) in [5.41, 5.74) is 8.52. The van der Waals surface area contributed by atoms with Gasteiger partial charge in [0.25, 0.3) is 5.69 Å². The molecule has 2 aliphatic rings. The van der Waals surface area contributed by atoms with E-state index in [-0.39, 0.29) is 13.1 Å². The normalized spacial score (nSPS) is 14.4. The lowest BCUT2D eigenvalue weighted by Crippen LogP contribution is -2.21. The highest BCUT2D eigenvalue weighted by Gasteiger charge is 2.10. The smallest absolute Gasteiger partial charge is 0.269 e. The van der Waals surface area contributed by atoms with Crippen LogP contribution in [0, 0.1) is 10.1 Å². The first-order valence-corrected chi connectivity index (χ1v) is 9.78. The molecule has 9 heteroatoms. The summed E-state index contributed by atoms with van der Waals surface area (Å²) in [5.74, 6) is 0. The Kier molecular flexibility index (Phi) is 11.3. The van der Waals surface area contributed by atoms with Gasteiger partial charge < -0.3 is 10.8 Å². The van der Waals surface area contributed by atoms with Crippen molar-refractivity contribution in [2.45, 2.75) is 33.1 Å². The van der Waals surface area contributed by atoms with Crippen LogP contribution < -0.4 is 15.8 Å². The molecule has 2 heterocycles. The molecule has 3 N–H and O–H groups in total. The van der Waals surface area contributed by atoms with E-state index in [2.05, 4.69) is 10.2 Å². The van der Waals surface area contributed by atoms with Crippen molar-refractivity contribution in [3.8, 4) is 0 Å². The average molecular weight is 429 g/mol. The average Bonchev–Trinajstić information content (AvgIpc) is 2.82. The second kappa shape index (κ2) is 13.7. The number of nitrogens with two attached hydrogens (primary N) is 1. The molecule has 0 aromatic heterocycles. The predicted octanol–water partition coefficient (Wildman–Crippen LogP) is 4.28. The number of hydrazone groups is 2. The van der Waals surface area contributed by atoms with E-state index in [1.165, 1.54) is 18.6 Å². The summed E-state index contributed by atoms with van der Waals surface area (Å²) in [7, 11) is 1.00. The Morgan fingerprint density at radius 3 is 1.65 bits per heavy atom. The van der Waals surface area contributed by atoms with Gasteiger partial charge in [0.15, 0.2) is 0 Å². The third-order valence-corrected chi connectivity index (χ3v) is 4.40. The number of hydrogen-bond acceptors (Lipinski definition) is 8. The summed E-state index contributed by atoms with van der Waals surface area (Å²) in [4.78, 5) is 10.1. The van der Waals surface area contributed by atoms with Crippen molar-refractivity contribution in [2.24, 2.45) is 10.2 Å². The first kappa shape index (κ1) is 25.6. The van der Waals surface area contributed by atoms with Crippen molar-refractivity contribution >= 4 is 35.2 Å². The van der Waals surface area contributed by atoms with Crippen LogP contribution in [-0.4, -0.2) is 42.7 Å². The number of benzene rings is 2. The van der Waals surface area contributed by atoms with Gasteiger partial charge in [0.1, 0.15) is 0 Å². The number of anilines is 3. The van der Waals surface area contributed by atoms with Crippen LogP contribution >= 0.6 is 0 Å². The van der Waals surface area contributed by atoms with Gasteiger partial charge in [0.05, 0.1) is 16.3 Å². The number of non-ortho nitro benzene ring substituents is 1. The SMILES string of the molecule is C.CO.Nc1ccc(N2CCCC=N2)cc1.O=[N+]([O-])c1ccc(N2CCCC=N2)cc1. The van der Waals surface area contributed by atoms with Gasteiger partial charge in [-0.3, -0.25) is 20.1 Å². The number of nitrogen functional groups attached to an aromatic ring is 1. The van der Waals surface area contributed by atoms with E-state index in [4.69, 9.17) is 10.8 Å². The predicted molar refractivity (Wildman–Crippen MR) is 129 cm³/mol. The molecule has 2 aliphatic heterocycles. The van der Waals surface area contributed by atoms with Crippen LogP contribution in [0.3, 0.4) is 0 Å². The maximum absolute atomic E-state index is 10.5. The number of aliphatic hydroxyl groups is 1. The Bertz CT molecular complexity index is 837. The summed E-state index contributed by atoms with van der Waals surface area (Å²) in [6, 6.07) is 14.2. The van der Waals surface area contributed by atoms with Crippen molar-refractivity contribution in [3.05, 3.63) is 58.6 Å². The number of hydrogen-bond donors (Lipinski definition) is 2. The lowest BCUT2D eigenvalue weighted by molar-refractivity contribution is -0.384. The minimum absolute atomic E-state index is 0. The Morgan fingerprint density at radius 2 is 1.29 bits per heavy atom. The molecule has 2 aromatic carbocycles. The van der Waals surface area contributed by atoms with Gasteiger partial charge in [-0.1, -0.05) is 7.43 Å². The zero-order chi connectivity index (χ0) is 21.8. The van der Waals surface area contributed by atoms with Crippen molar-refractivity contribution in [2.75, 3.05) is 36.0 Å². The Morgan fingerprint density at radius 1 is 0.871 bits per heavy atom. The van der Waals surface area contributed by atoms with Crippen LogP contribution in [0.2, 0.25) is 0 Å². The van der Waals surface area contributed by atoms with Crippen LogP contribution in [-0.2, 0) is 0 Å². The van der Waals surface area contributed by atoms with Gasteiger partial charge in [-0.25, -0.2) is 0 Å². The standard InChI is InChI=1S/C10H11N3O2.C10H13N3.CH4O.CH4/c14-13(15)10-5-3-9(4-6-10)12-8-2-1-7-11-12;11-9-3-5-10(6-4-9)13-8-2-1-7-12-13;1-2;/h3-7H,1-2,8H2;3-7H,1-2,8,11H2;2H,1H3;1H4. The first-order chi connectivity index (χ1) is 14.6. The molecule has 0 saturated carbocycles. The fourth-order valence-corrected chi connectivity index (χ4v) is 2.88. The minimum Gasteiger partial charge on any atom is -0.400 e. The van der Waals surface area contributed by atoms with E-state index in [0.29, 0.717) is 0 Å². The quantitative estimate of drug-likeness (QED) is 0.428. The van der Waals surface area contributed by atoms with Crippen LogP contribution in [0.4, 0.5) is 22.7 Å². The van der Waals surface area contributed by atoms with Gasteiger partial charge in [-0.05, 0) is 62.1 Å². The molecule has 0 amide bonds.